The Balaban J connectivity index is 0.000000354. The number of benzene rings is 4. The molecule has 0 aliphatic carbocycles. The summed E-state index contributed by atoms with van der Waals surface area (Å²) in [5.41, 5.74) is 1.30. The maximum atomic E-state index is 13.9. The molecule has 0 radical (unpaired) electrons. The third-order valence-electron chi connectivity index (χ3n) is 7.16. The van der Waals surface area contributed by atoms with E-state index in [0.29, 0.717) is 27.6 Å². The van der Waals surface area contributed by atoms with Gasteiger partial charge in [-0.25, -0.2) is 4.39 Å². The van der Waals surface area contributed by atoms with E-state index in [1.54, 1.807) is 42.5 Å². The third-order valence-corrected chi connectivity index (χ3v) is 7.51. The number of rotatable bonds is 10. The number of carbonyl (C=O) groups excluding carboxylic acids is 1. The van der Waals surface area contributed by atoms with Crippen LogP contribution in [-0.4, -0.2) is 29.2 Å². The van der Waals surface area contributed by atoms with Crippen molar-refractivity contribution >= 4 is 34.9 Å². The van der Waals surface area contributed by atoms with Gasteiger partial charge in [0.25, 0.3) is 5.91 Å². The molecule has 0 aliphatic heterocycles. The number of nitrogens with zero attached hydrogens (tertiary/aromatic N) is 1. The lowest BCUT2D eigenvalue weighted by Gasteiger charge is -2.13. The van der Waals surface area contributed by atoms with Crippen LogP contribution in [0.25, 0.3) is 0 Å². The van der Waals surface area contributed by atoms with E-state index in [1.807, 2.05) is 26.0 Å². The van der Waals surface area contributed by atoms with E-state index < -0.39 is 35.3 Å². The van der Waals surface area contributed by atoms with Crippen LogP contribution in [0.2, 0.25) is 5.02 Å². The second-order valence-electron chi connectivity index (χ2n) is 10.9. The number of halogens is 8. The Morgan fingerprint density at radius 1 is 0.880 bits per heavy atom. The Bertz CT molecular complexity index is 1790. The average molecular weight is 725 g/mol. The van der Waals surface area contributed by atoms with Gasteiger partial charge in [-0.2, -0.15) is 26.3 Å². The van der Waals surface area contributed by atoms with Crippen LogP contribution >= 0.6 is 11.6 Å². The first kappa shape index (κ1) is 39.5. The zero-order valence-corrected chi connectivity index (χ0v) is 27.7. The van der Waals surface area contributed by atoms with Gasteiger partial charge >= 0.3 is 18.3 Å². The number of aliphatic imine (C=N–C) groups is 1. The highest BCUT2D eigenvalue weighted by Gasteiger charge is 2.36. The largest absolute Gasteiger partial charge is 0.489 e. The first-order chi connectivity index (χ1) is 23.4. The van der Waals surface area contributed by atoms with Crippen LogP contribution in [0.4, 0.5) is 36.4 Å². The lowest BCUT2D eigenvalue weighted by atomic mass is 10.0. The quantitative estimate of drug-likeness (QED) is 0.126. The smallest absolute Gasteiger partial charge is 0.416 e. The molecule has 0 fully saturated rings. The van der Waals surface area contributed by atoms with Crippen molar-refractivity contribution in [2.45, 2.75) is 52.6 Å². The lowest BCUT2D eigenvalue weighted by Crippen LogP contribution is -2.25. The normalized spacial score (nSPS) is 11.8. The van der Waals surface area contributed by atoms with Crippen molar-refractivity contribution in [1.82, 2.24) is 5.32 Å². The van der Waals surface area contributed by atoms with Crippen molar-refractivity contribution in [3.05, 3.63) is 129 Å². The number of hydrogen-bond donors (Lipinski definition) is 2. The number of nitrogens with one attached hydrogen (secondary N) is 1. The fraction of sp³-hybridized carbons (Fsp3) is 0.250. The fourth-order valence-electron chi connectivity index (χ4n) is 4.34. The summed E-state index contributed by atoms with van der Waals surface area (Å²) in [5.74, 6) is -1.18. The number of hydrogen-bond acceptors (Lipinski definition) is 4. The molecule has 0 bridgehead atoms. The number of alkyl halides is 6. The summed E-state index contributed by atoms with van der Waals surface area (Å²) in [6, 6.07) is 18.4. The molecule has 0 heterocycles. The van der Waals surface area contributed by atoms with Gasteiger partial charge in [-0.05, 0) is 104 Å². The van der Waals surface area contributed by atoms with E-state index >= 15 is 0 Å². The highest BCUT2D eigenvalue weighted by molar-refractivity contribution is 6.31. The molecular weight excluding hydrogens is 693 g/mol. The standard InChI is InChI=1S/C26H24ClFN2O4.C10H8F6/c1-16-6-7-19(26(33)29-13-12-25(31)32)14-24(16)30-17(2)18-8-10-20(11-9-18)34-15-21-22(27)4-3-5-23(21)28;1-2-6-3-7(9(11,12)13)5-8(4-6)10(14,15)16/h3-11,14H,12-13,15H2,1-2H3,(H,29,33)(H,31,32);3-5H,2H2,1H3. The van der Waals surface area contributed by atoms with Crippen molar-refractivity contribution in [3.8, 4) is 5.75 Å². The molecule has 6 nitrogen and oxygen atoms in total. The minimum atomic E-state index is -4.76. The maximum Gasteiger partial charge on any atom is 0.416 e. The van der Waals surface area contributed by atoms with Gasteiger partial charge < -0.3 is 15.2 Å². The number of aryl methyl sites for hydroxylation is 2. The van der Waals surface area contributed by atoms with Gasteiger partial charge in [-0.15, -0.1) is 0 Å². The Morgan fingerprint density at radius 3 is 2.02 bits per heavy atom. The molecule has 0 unspecified atom stereocenters. The summed E-state index contributed by atoms with van der Waals surface area (Å²) in [6.45, 7) is 5.31. The van der Waals surface area contributed by atoms with Crippen LogP contribution in [0.5, 0.6) is 5.75 Å². The van der Waals surface area contributed by atoms with E-state index in [1.165, 1.54) is 13.0 Å². The second-order valence-corrected chi connectivity index (χ2v) is 11.3. The first-order valence-electron chi connectivity index (χ1n) is 15.0. The highest BCUT2D eigenvalue weighted by Crippen LogP contribution is 2.36. The van der Waals surface area contributed by atoms with E-state index in [9.17, 15) is 40.3 Å². The summed E-state index contributed by atoms with van der Waals surface area (Å²) in [5, 5.41) is 11.6. The molecule has 0 atom stereocenters. The van der Waals surface area contributed by atoms with Crippen LogP contribution in [0.1, 0.15) is 64.0 Å². The predicted molar refractivity (Wildman–Crippen MR) is 176 cm³/mol. The van der Waals surface area contributed by atoms with Gasteiger partial charge in [-0.1, -0.05) is 30.7 Å². The summed E-state index contributed by atoms with van der Waals surface area (Å²) in [7, 11) is 0. The molecule has 0 spiro atoms. The molecule has 4 rings (SSSR count). The summed E-state index contributed by atoms with van der Waals surface area (Å²) < 4.78 is 93.4. The molecule has 4 aromatic rings. The molecule has 2 N–H and O–H groups in total. The topological polar surface area (TPSA) is 88.0 Å². The van der Waals surface area contributed by atoms with Gasteiger partial charge in [-0.3, -0.25) is 14.6 Å². The van der Waals surface area contributed by atoms with Gasteiger partial charge in [0.15, 0.2) is 0 Å². The van der Waals surface area contributed by atoms with Crippen molar-refractivity contribution in [1.29, 1.82) is 0 Å². The fourth-order valence-corrected chi connectivity index (χ4v) is 4.56. The number of ether oxygens (including phenoxy) is 1. The van der Waals surface area contributed by atoms with Gasteiger partial charge in [0.1, 0.15) is 18.2 Å². The minimum absolute atomic E-state index is 0.0123. The Hall–Kier alpha value is -4.91. The summed E-state index contributed by atoms with van der Waals surface area (Å²) >= 11 is 6.04. The summed E-state index contributed by atoms with van der Waals surface area (Å²) in [6.07, 6.45) is -9.54. The molecule has 0 saturated heterocycles. The molecule has 1 amide bonds. The number of amides is 1. The van der Waals surface area contributed by atoms with E-state index in [0.717, 1.165) is 29.0 Å². The monoisotopic (exact) mass is 724 g/mol. The lowest BCUT2D eigenvalue weighted by molar-refractivity contribution is -0.143. The van der Waals surface area contributed by atoms with Gasteiger partial charge in [0.2, 0.25) is 0 Å². The molecule has 0 saturated carbocycles. The van der Waals surface area contributed by atoms with Crippen molar-refractivity contribution in [3.63, 3.8) is 0 Å². The number of aliphatic carboxylic acids is 1. The molecule has 266 valence electrons. The minimum Gasteiger partial charge on any atom is -0.489 e. The number of carboxylic acid groups (broad SMARTS) is 1. The number of carboxylic acids is 1. The van der Waals surface area contributed by atoms with E-state index in [2.05, 4.69) is 10.3 Å². The van der Waals surface area contributed by atoms with Gasteiger partial charge in [0.05, 0.1) is 28.3 Å². The second kappa shape index (κ2) is 17.1. The first-order valence-corrected chi connectivity index (χ1v) is 15.4. The van der Waals surface area contributed by atoms with Crippen LogP contribution in [0.3, 0.4) is 0 Å². The molecular formula is C36H32ClF7N2O4. The van der Waals surface area contributed by atoms with Crippen LogP contribution in [0, 0.1) is 12.7 Å². The van der Waals surface area contributed by atoms with Crippen LogP contribution in [0.15, 0.2) is 83.9 Å². The third kappa shape index (κ3) is 11.6. The zero-order valence-electron chi connectivity index (χ0n) is 27.0. The van der Waals surface area contributed by atoms with Crippen molar-refractivity contribution in [2.24, 2.45) is 4.99 Å². The maximum absolute atomic E-state index is 13.9. The Morgan fingerprint density at radius 2 is 1.48 bits per heavy atom. The zero-order chi connectivity index (χ0) is 37.2. The Kier molecular flexibility index (Phi) is 13.6. The molecule has 4 aromatic carbocycles. The van der Waals surface area contributed by atoms with E-state index in [-0.39, 0.29) is 43.5 Å². The van der Waals surface area contributed by atoms with Crippen molar-refractivity contribution < 1.29 is 50.2 Å². The molecule has 14 heteroatoms. The Labute approximate surface area is 288 Å². The predicted octanol–water partition coefficient (Wildman–Crippen LogP) is 10.00. The SMILES string of the molecule is CC(=Nc1cc(C(=O)NCCC(=O)O)ccc1C)c1ccc(OCc2c(F)cccc2Cl)cc1.CCc1cc(C(F)(F)F)cc(C(F)(F)F)c1. The van der Waals surface area contributed by atoms with Crippen LogP contribution < -0.4 is 10.1 Å². The van der Waals surface area contributed by atoms with Crippen molar-refractivity contribution in [2.75, 3.05) is 6.54 Å². The molecule has 50 heavy (non-hydrogen) atoms. The molecule has 0 aromatic heterocycles. The van der Waals surface area contributed by atoms with Crippen LogP contribution in [-0.2, 0) is 30.2 Å². The molecule has 0 aliphatic rings. The number of carbonyl (C=O) groups is 2. The van der Waals surface area contributed by atoms with Gasteiger partial charge in [0, 0.05) is 23.4 Å². The highest BCUT2D eigenvalue weighted by atomic mass is 35.5. The summed E-state index contributed by atoms with van der Waals surface area (Å²) in [4.78, 5) is 27.6. The van der Waals surface area contributed by atoms with E-state index in [4.69, 9.17) is 21.4 Å². The average Bonchev–Trinajstić information content (AvgIpc) is 3.04.